The summed E-state index contributed by atoms with van der Waals surface area (Å²) in [7, 11) is -3.30. The van der Waals surface area contributed by atoms with Gasteiger partial charge in [-0.15, -0.1) is 0 Å². The first kappa shape index (κ1) is 17.7. The van der Waals surface area contributed by atoms with Gasteiger partial charge in [0.2, 0.25) is 5.91 Å². The molecule has 132 valence electrons. The minimum atomic E-state index is -3.30. The van der Waals surface area contributed by atoms with Gasteiger partial charge in [0.25, 0.3) is 0 Å². The lowest BCUT2D eigenvalue weighted by atomic mass is 10.1. The molecule has 0 aliphatic heterocycles. The summed E-state index contributed by atoms with van der Waals surface area (Å²) in [6.45, 7) is 0. The fourth-order valence-electron chi connectivity index (χ4n) is 3.27. The van der Waals surface area contributed by atoms with Crippen molar-refractivity contribution in [2.75, 3.05) is 5.32 Å². The molecule has 1 saturated carbocycles. The van der Waals surface area contributed by atoms with Gasteiger partial charge in [-0.25, -0.2) is 8.42 Å². The summed E-state index contributed by atoms with van der Waals surface area (Å²) in [5.74, 6) is -0.112. The standard InChI is InChI=1S/C20H23NO3S/c22-20(14-13-16-7-2-1-3-8-16)21-17-9-6-12-19(15-17)25(23,24)18-10-4-5-11-18/h1-3,6-9,12,15,18H,4-5,10-11,13-14H2,(H,21,22). The smallest absolute Gasteiger partial charge is 0.224 e. The second-order valence-corrected chi connectivity index (χ2v) is 8.74. The maximum atomic E-state index is 12.7. The average molecular weight is 357 g/mol. The Kier molecular flexibility index (Phi) is 5.53. The van der Waals surface area contributed by atoms with Gasteiger partial charge in [0.15, 0.2) is 9.84 Å². The number of carbonyl (C=O) groups excluding carboxylic acids is 1. The summed E-state index contributed by atoms with van der Waals surface area (Å²) in [4.78, 5) is 12.4. The van der Waals surface area contributed by atoms with Gasteiger partial charge in [0.1, 0.15) is 0 Å². The average Bonchev–Trinajstić information content (AvgIpc) is 3.17. The van der Waals surface area contributed by atoms with Crippen LogP contribution in [-0.4, -0.2) is 19.6 Å². The van der Waals surface area contributed by atoms with E-state index in [2.05, 4.69) is 5.32 Å². The summed E-state index contributed by atoms with van der Waals surface area (Å²) in [6, 6.07) is 16.4. The molecule has 0 unspecified atom stereocenters. The Morgan fingerprint density at radius 1 is 1.00 bits per heavy atom. The van der Waals surface area contributed by atoms with E-state index in [-0.39, 0.29) is 11.2 Å². The number of hydrogen-bond donors (Lipinski definition) is 1. The van der Waals surface area contributed by atoms with Gasteiger partial charge >= 0.3 is 0 Å². The van der Waals surface area contributed by atoms with Gasteiger partial charge in [0, 0.05) is 12.1 Å². The number of benzene rings is 2. The second kappa shape index (κ2) is 7.83. The van der Waals surface area contributed by atoms with Crippen molar-refractivity contribution in [2.45, 2.75) is 48.7 Å². The Labute approximate surface area is 149 Å². The van der Waals surface area contributed by atoms with Gasteiger partial charge in [-0.2, -0.15) is 0 Å². The van der Waals surface area contributed by atoms with Crippen LogP contribution in [0.1, 0.15) is 37.7 Å². The highest BCUT2D eigenvalue weighted by Crippen LogP contribution is 2.30. The Morgan fingerprint density at radius 3 is 2.44 bits per heavy atom. The number of sulfone groups is 1. The quantitative estimate of drug-likeness (QED) is 0.851. The molecule has 0 spiro atoms. The minimum Gasteiger partial charge on any atom is -0.326 e. The molecule has 0 aromatic heterocycles. The summed E-state index contributed by atoms with van der Waals surface area (Å²) < 4.78 is 25.3. The minimum absolute atomic E-state index is 0.112. The third-order valence-electron chi connectivity index (χ3n) is 4.67. The van der Waals surface area contributed by atoms with E-state index < -0.39 is 9.84 Å². The van der Waals surface area contributed by atoms with E-state index in [0.717, 1.165) is 31.2 Å². The van der Waals surface area contributed by atoms with Crippen LogP contribution in [0.25, 0.3) is 0 Å². The molecule has 1 amide bonds. The Hall–Kier alpha value is -2.14. The van der Waals surface area contributed by atoms with E-state index in [0.29, 0.717) is 23.4 Å². The number of amides is 1. The van der Waals surface area contributed by atoms with Crippen LogP contribution in [0.4, 0.5) is 5.69 Å². The third kappa shape index (κ3) is 4.48. The zero-order valence-electron chi connectivity index (χ0n) is 14.1. The Bertz CT molecular complexity index is 825. The number of carbonyl (C=O) groups is 1. The van der Waals surface area contributed by atoms with Crippen molar-refractivity contribution in [3.63, 3.8) is 0 Å². The molecule has 5 heteroatoms. The number of aryl methyl sites for hydroxylation is 1. The lowest BCUT2D eigenvalue weighted by Gasteiger charge is -2.12. The maximum Gasteiger partial charge on any atom is 0.224 e. The lowest BCUT2D eigenvalue weighted by molar-refractivity contribution is -0.116. The fraction of sp³-hybridized carbons (Fsp3) is 0.350. The first-order valence-electron chi connectivity index (χ1n) is 8.73. The molecule has 0 atom stereocenters. The molecule has 0 heterocycles. The topological polar surface area (TPSA) is 63.2 Å². The summed E-state index contributed by atoms with van der Waals surface area (Å²) in [5.41, 5.74) is 1.65. The van der Waals surface area contributed by atoms with Crippen LogP contribution >= 0.6 is 0 Å². The first-order valence-corrected chi connectivity index (χ1v) is 10.3. The molecule has 1 fully saturated rings. The van der Waals surface area contributed by atoms with Gasteiger partial charge in [0.05, 0.1) is 10.1 Å². The predicted molar refractivity (Wildman–Crippen MR) is 99.3 cm³/mol. The normalized spacial score (nSPS) is 15.2. The molecule has 2 aromatic rings. The van der Waals surface area contributed by atoms with Crippen LogP contribution in [0.2, 0.25) is 0 Å². The van der Waals surface area contributed by atoms with Crippen LogP contribution in [-0.2, 0) is 21.1 Å². The van der Waals surface area contributed by atoms with Crippen LogP contribution in [0.15, 0.2) is 59.5 Å². The molecule has 1 N–H and O–H groups in total. The SMILES string of the molecule is O=C(CCc1ccccc1)Nc1cccc(S(=O)(=O)C2CCCC2)c1. The number of hydrogen-bond acceptors (Lipinski definition) is 3. The van der Waals surface area contributed by atoms with Crippen molar-refractivity contribution >= 4 is 21.4 Å². The molecule has 3 rings (SSSR count). The molecular formula is C20H23NO3S. The van der Waals surface area contributed by atoms with Crippen molar-refractivity contribution < 1.29 is 13.2 Å². The maximum absolute atomic E-state index is 12.7. The van der Waals surface area contributed by atoms with Crippen LogP contribution in [0, 0.1) is 0 Å². The van der Waals surface area contributed by atoms with Crippen molar-refractivity contribution in [1.29, 1.82) is 0 Å². The van der Waals surface area contributed by atoms with Crippen LogP contribution in [0.5, 0.6) is 0 Å². The molecule has 4 nitrogen and oxygen atoms in total. The van der Waals surface area contributed by atoms with Crippen molar-refractivity contribution in [3.05, 3.63) is 60.2 Å². The van der Waals surface area contributed by atoms with Gasteiger partial charge in [-0.1, -0.05) is 49.2 Å². The van der Waals surface area contributed by atoms with E-state index in [4.69, 9.17) is 0 Å². The van der Waals surface area contributed by atoms with Crippen LogP contribution < -0.4 is 5.32 Å². The zero-order valence-corrected chi connectivity index (χ0v) is 15.0. The Balaban J connectivity index is 1.64. The highest BCUT2D eigenvalue weighted by molar-refractivity contribution is 7.92. The number of anilines is 1. The molecule has 2 aromatic carbocycles. The highest BCUT2D eigenvalue weighted by Gasteiger charge is 2.30. The van der Waals surface area contributed by atoms with Gasteiger partial charge in [-0.3, -0.25) is 4.79 Å². The number of rotatable bonds is 6. The summed E-state index contributed by atoms with van der Waals surface area (Å²) in [5, 5.41) is 2.53. The second-order valence-electron chi connectivity index (χ2n) is 6.51. The molecule has 0 bridgehead atoms. The van der Waals surface area contributed by atoms with E-state index in [1.807, 2.05) is 30.3 Å². The molecular weight excluding hydrogens is 334 g/mol. The molecule has 1 aliphatic carbocycles. The monoisotopic (exact) mass is 357 g/mol. The molecule has 0 radical (unpaired) electrons. The molecule has 1 aliphatic rings. The van der Waals surface area contributed by atoms with Gasteiger partial charge < -0.3 is 5.32 Å². The van der Waals surface area contributed by atoms with Crippen LogP contribution in [0.3, 0.4) is 0 Å². The molecule has 25 heavy (non-hydrogen) atoms. The summed E-state index contributed by atoms with van der Waals surface area (Å²) >= 11 is 0. The third-order valence-corrected chi connectivity index (χ3v) is 6.93. The largest absolute Gasteiger partial charge is 0.326 e. The van der Waals surface area contributed by atoms with Crippen molar-refractivity contribution in [3.8, 4) is 0 Å². The van der Waals surface area contributed by atoms with Crippen molar-refractivity contribution in [2.24, 2.45) is 0 Å². The highest BCUT2D eigenvalue weighted by atomic mass is 32.2. The predicted octanol–water partition coefficient (Wildman–Crippen LogP) is 3.97. The van der Waals surface area contributed by atoms with E-state index in [1.165, 1.54) is 0 Å². The van der Waals surface area contributed by atoms with E-state index in [9.17, 15) is 13.2 Å². The zero-order chi connectivity index (χ0) is 17.7. The lowest BCUT2D eigenvalue weighted by Crippen LogP contribution is -2.18. The van der Waals surface area contributed by atoms with E-state index in [1.54, 1.807) is 24.3 Å². The van der Waals surface area contributed by atoms with Gasteiger partial charge in [-0.05, 0) is 43.0 Å². The Morgan fingerprint density at radius 2 is 1.72 bits per heavy atom. The first-order chi connectivity index (χ1) is 12.1. The fourth-order valence-corrected chi connectivity index (χ4v) is 5.17. The summed E-state index contributed by atoms with van der Waals surface area (Å²) in [6.07, 6.45) is 4.43. The van der Waals surface area contributed by atoms with Crippen molar-refractivity contribution in [1.82, 2.24) is 0 Å². The van der Waals surface area contributed by atoms with E-state index >= 15 is 0 Å². The molecule has 0 saturated heterocycles. The number of nitrogens with one attached hydrogen (secondary N) is 1.